The van der Waals surface area contributed by atoms with Crippen LogP contribution in [0, 0.1) is 11.7 Å². The molecule has 2 rings (SSSR count). The minimum Gasteiger partial charge on any atom is -0.347 e. The number of carbonyl (C=O) groups excluding carboxylic acids is 1. The van der Waals surface area contributed by atoms with E-state index in [4.69, 9.17) is 0 Å². The van der Waals surface area contributed by atoms with Crippen molar-refractivity contribution in [3.63, 3.8) is 0 Å². The van der Waals surface area contributed by atoms with Crippen molar-refractivity contribution in [2.24, 2.45) is 5.92 Å². The fourth-order valence-corrected chi connectivity index (χ4v) is 2.24. The highest BCUT2D eigenvalue weighted by atomic mass is 19.1. The Bertz CT molecular complexity index is 649. The maximum atomic E-state index is 13.1. The first kappa shape index (κ1) is 16.1. The summed E-state index contributed by atoms with van der Waals surface area (Å²) in [5.74, 6) is 1.34. The molecule has 6 heteroatoms. The maximum Gasteiger partial charge on any atom is 0.217 e. The number of rotatable bonds is 5. The van der Waals surface area contributed by atoms with Gasteiger partial charge in [-0.25, -0.2) is 14.1 Å². The lowest BCUT2D eigenvalue weighted by Gasteiger charge is -2.13. The smallest absolute Gasteiger partial charge is 0.217 e. The Kier molecular flexibility index (Phi) is 4.90. The standard InChI is InChI=1S/C16H21FN4O/c1-10(2)9-15-19-16(11(3)18-12(4)22)21(20-15)14-7-5-13(17)6-8-14/h5-8,10-11H,9H2,1-4H3,(H,18,22)/t11-/m0/s1. The zero-order chi connectivity index (χ0) is 16.3. The highest BCUT2D eigenvalue weighted by Crippen LogP contribution is 2.18. The van der Waals surface area contributed by atoms with Gasteiger partial charge in [0.1, 0.15) is 5.82 Å². The molecule has 0 aliphatic carbocycles. The zero-order valence-electron chi connectivity index (χ0n) is 13.3. The Hall–Kier alpha value is -2.24. The number of amides is 1. The van der Waals surface area contributed by atoms with E-state index in [1.54, 1.807) is 16.8 Å². The Morgan fingerprint density at radius 1 is 1.27 bits per heavy atom. The van der Waals surface area contributed by atoms with Gasteiger partial charge in [0.25, 0.3) is 0 Å². The second-order valence-corrected chi connectivity index (χ2v) is 5.79. The van der Waals surface area contributed by atoms with Gasteiger partial charge < -0.3 is 5.32 Å². The van der Waals surface area contributed by atoms with Crippen LogP contribution in [0.4, 0.5) is 4.39 Å². The van der Waals surface area contributed by atoms with Gasteiger partial charge in [-0.05, 0) is 37.1 Å². The Morgan fingerprint density at radius 3 is 2.45 bits per heavy atom. The average Bonchev–Trinajstić information content (AvgIpc) is 2.82. The van der Waals surface area contributed by atoms with Gasteiger partial charge in [-0.1, -0.05) is 13.8 Å². The average molecular weight is 304 g/mol. The summed E-state index contributed by atoms with van der Waals surface area (Å²) in [5, 5.41) is 7.32. The molecule has 1 heterocycles. The number of hydrogen-bond donors (Lipinski definition) is 1. The first-order valence-electron chi connectivity index (χ1n) is 7.35. The van der Waals surface area contributed by atoms with Crippen LogP contribution in [0.15, 0.2) is 24.3 Å². The largest absolute Gasteiger partial charge is 0.347 e. The number of carbonyl (C=O) groups is 1. The molecular weight excluding hydrogens is 283 g/mol. The maximum absolute atomic E-state index is 13.1. The van der Waals surface area contributed by atoms with E-state index in [-0.39, 0.29) is 17.8 Å². The third-order valence-electron chi connectivity index (χ3n) is 3.15. The fourth-order valence-electron chi connectivity index (χ4n) is 2.24. The van der Waals surface area contributed by atoms with E-state index in [9.17, 15) is 9.18 Å². The van der Waals surface area contributed by atoms with Crippen LogP contribution >= 0.6 is 0 Å². The van der Waals surface area contributed by atoms with E-state index >= 15 is 0 Å². The predicted octanol–water partition coefficient (Wildman–Crippen LogP) is 2.80. The van der Waals surface area contributed by atoms with Crippen molar-refractivity contribution in [2.45, 2.75) is 40.2 Å². The lowest BCUT2D eigenvalue weighted by molar-refractivity contribution is -0.119. The lowest BCUT2D eigenvalue weighted by Crippen LogP contribution is -2.26. The molecule has 0 saturated carbocycles. The zero-order valence-corrected chi connectivity index (χ0v) is 13.3. The highest BCUT2D eigenvalue weighted by molar-refractivity contribution is 5.73. The van der Waals surface area contributed by atoms with Gasteiger partial charge >= 0.3 is 0 Å². The van der Waals surface area contributed by atoms with Crippen molar-refractivity contribution < 1.29 is 9.18 Å². The van der Waals surface area contributed by atoms with Crippen molar-refractivity contribution in [2.75, 3.05) is 0 Å². The third kappa shape index (κ3) is 3.90. The SMILES string of the molecule is CC(=O)N[C@@H](C)c1nc(CC(C)C)nn1-c1ccc(F)cc1. The van der Waals surface area contributed by atoms with Crippen LogP contribution in [0.3, 0.4) is 0 Å². The van der Waals surface area contributed by atoms with Gasteiger partial charge in [-0.2, -0.15) is 5.10 Å². The molecule has 0 bridgehead atoms. The summed E-state index contributed by atoms with van der Waals surface area (Å²) in [7, 11) is 0. The van der Waals surface area contributed by atoms with E-state index < -0.39 is 0 Å². The van der Waals surface area contributed by atoms with E-state index in [1.165, 1.54) is 19.1 Å². The second-order valence-electron chi connectivity index (χ2n) is 5.79. The van der Waals surface area contributed by atoms with E-state index in [0.29, 0.717) is 17.6 Å². The first-order valence-corrected chi connectivity index (χ1v) is 7.35. The number of halogens is 1. The predicted molar refractivity (Wildman–Crippen MR) is 82.1 cm³/mol. The Labute approximate surface area is 129 Å². The van der Waals surface area contributed by atoms with Crippen LogP contribution in [0.5, 0.6) is 0 Å². The summed E-state index contributed by atoms with van der Waals surface area (Å²) in [5.41, 5.74) is 0.719. The summed E-state index contributed by atoms with van der Waals surface area (Å²) in [6, 6.07) is 5.77. The minimum atomic E-state index is -0.303. The minimum absolute atomic E-state index is 0.133. The first-order chi connectivity index (χ1) is 10.4. The summed E-state index contributed by atoms with van der Waals surface area (Å²) in [6.45, 7) is 7.50. The van der Waals surface area contributed by atoms with Gasteiger partial charge in [0, 0.05) is 13.3 Å². The van der Waals surface area contributed by atoms with Crippen LogP contribution in [-0.4, -0.2) is 20.7 Å². The molecule has 0 aliphatic heterocycles. The quantitative estimate of drug-likeness (QED) is 0.924. The van der Waals surface area contributed by atoms with Crippen LogP contribution in [0.2, 0.25) is 0 Å². The summed E-state index contributed by atoms with van der Waals surface area (Å²) in [4.78, 5) is 15.8. The van der Waals surface area contributed by atoms with Gasteiger partial charge in [-0.3, -0.25) is 4.79 Å². The van der Waals surface area contributed by atoms with Crippen LogP contribution in [-0.2, 0) is 11.2 Å². The van der Waals surface area contributed by atoms with Gasteiger partial charge in [0.2, 0.25) is 5.91 Å². The normalized spacial score (nSPS) is 12.5. The molecule has 1 amide bonds. The van der Waals surface area contributed by atoms with Crippen molar-refractivity contribution in [1.29, 1.82) is 0 Å². The molecule has 1 N–H and O–H groups in total. The molecule has 22 heavy (non-hydrogen) atoms. The number of benzene rings is 1. The molecule has 2 aromatic rings. The monoisotopic (exact) mass is 304 g/mol. The van der Waals surface area contributed by atoms with Crippen molar-refractivity contribution >= 4 is 5.91 Å². The van der Waals surface area contributed by atoms with Gasteiger partial charge in [0.15, 0.2) is 11.6 Å². The molecule has 1 aromatic heterocycles. The van der Waals surface area contributed by atoms with Crippen LogP contribution in [0.1, 0.15) is 45.4 Å². The van der Waals surface area contributed by atoms with Gasteiger partial charge in [0.05, 0.1) is 11.7 Å². The van der Waals surface area contributed by atoms with Crippen molar-refractivity contribution in [3.05, 3.63) is 41.7 Å². The number of nitrogens with one attached hydrogen (secondary N) is 1. The van der Waals surface area contributed by atoms with E-state index in [2.05, 4.69) is 29.2 Å². The van der Waals surface area contributed by atoms with Crippen LogP contribution in [0.25, 0.3) is 5.69 Å². The summed E-state index contributed by atoms with van der Waals surface area (Å²) in [6.07, 6.45) is 0.744. The highest BCUT2D eigenvalue weighted by Gasteiger charge is 2.18. The van der Waals surface area contributed by atoms with Crippen molar-refractivity contribution in [3.8, 4) is 5.69 Å². The number of nitrogens with zero attached hydrogens (tertiary/aromatic N) is 3. The Morgan fingerprint density at radius 2 is 1.91 bits per heavy atom. The Balaban J connectivity index is 2.42. The van der Waals surface area contributed by atoms with E-state index in [1.807, 2.05) is 6.92 Å². The topological polar surface area (TPSA) is 59.8 Å². The summed E-state index contributed by atoms with van der Waals surface area (Å²) >= 11 is 0. The molecule has 118 valence electrons. The molecular formula is C16H21FN4O. The molecule has 0 radical (unpaired) electrons. The number of hydrogen-bond acceptors (Lipinski definition) is 3. The fraction of sp³-hybridized carbons (Fsp3) is 0.438. The van der Waals surface area contributed by atoms with E-state index in [0.717, 1.165) is 12.1 Å². The molecule has 0 unspecified atom stereocenters. The summed E-state index contributed by atoms with van der Waals surface area (Å²) < 4.78 is 14.8. The molecule has 0 aliphatic rings. The molecule has 1 atom stereocenters. The molecule has 5 nitrogen and oxygen atoms in total. The van der Waals surface area contributed by atoms with Gasteiger partial charge in [-0.15, -0.1) is 0 Å². The molecule has 0 spiro atoms. The molecule has 0 fully saturated rings. The van der Waals surface area contributed by atoms with Crippen LogP contribution < -0.4 is 5.32 Å². The molecule has 0 saturated heterocycles. The lowest BCUT2D eigenvalue weighted by atomic mass is 10.1. The molecule has 1 aromatic carbocycles. The third-order valence-corrected chi connectivity index (χ3v) is 3.15. The number of aromatic nitrogens is 3. The van der Waals surface area contributed by atoms with Crippen molar-refractivity contribution in [1.82, 2.24) is 20.1 Å². The second kappa shape index (κ2) is 6.68.